The molecule has 2 aromatic carbocycles. The van der Waals surface area contributed by atoms with Crippen LogP contribution in [0.4, 0.5) is 0 Å². The van der Waals surface area contributed by atoms with Crippen molar-refractivity contribution in [2.24, 2.45) is 50.2 Å². The van der Waals surface area contributed by atoms with Gasteiger partial charge in [-0.3, -0.25) is 24.0 Å². The minimum atomic E-state index is -0.658. The Kier molecular flexibility index (Phi) is 20.5. The molecule has 0 spiro atoms. The molecule has 0 saturated heterocycles. The lowest BCUT2D eigenvalue weighted by Crippen LogP contribution is -2.66. The number of allylic oxidation sites excluding steroid dienone is 4. The summed E-state index contributed by atoms with van der Waals surface area (Å²) in [6.07, 6.45) is 22.3. The number of rotatable bonds is 20. The van der Waals surface area contributed by atoms with Gasteiger partial charge in [-0.1, -0.05) is 140 Å². The van der Waals surface area contributed by atoms with E-state index in [1.807, 2.05) is 60.7 Å². The van der Waals surface area contributed by atoms with Crippen LogP contribution in [0.5, 0.6) is 0 Å². The molecule has 10 nitrogen and oxygen atoms in total. The maximum Gasteiger partial charge on any atom is 0.313 e. The van der Waals surface area contributed by atoms with Crippen molar-refractivity contribution in [3.8, 4) is 0 Å². The van der Waals surface area contributed by atoms with Crippen LogP contribution >= 0.6 is 0 Å². The van der Waals surface area contributed by atoms with Crippen LogP contribution in [0.15, 0.2) is 109 Å². The van der Waals surface area contributed by atoms with E-state index in [1.54, 1.807) is 0 Å². The van der Waals surface area contributed by atoms with Crippen LogP contribution < -0.4 is 0 Å². The lowest BCUT2D eigenvalue weighted by Gasteiger charge is -2.71. The molecule has 10 heteroatoms. The minimum Gasteiger partial charge on any atom is -0.465 e. The highest BCUT2D eigenvalue weighted by Crippen LogP contribution is 2.76. The van der Waals surface area contributed by atoms with Gasteiger partial charge in [0.05, 0.1) is 5.41 Å². The Morgan fingerprint density at radius 3 is 1.74 bits per heavy atom. The van der Waals surface area contributed by atoms with Gasteiger partial charge in [0, 0.05) is 31.1 Å². The highest BCUT2D eigenvalue weighted by atomic mass is 16.6. The predicted molar refractivity (Wildman–Crippen MR) is 299 cm³/mol. The van der Waals surface area contributed by atoms with Gasteiger partial charge in [-0.05, 0) is 159 Å². The lowest BCUT2D eigenvalue weighted by atomic mass is 9.33. The molecule has 4 saturated carbocycles. The maximum atomic E-state index is 14.6. The van der Waals surface area contributed by atoms with Crippen molar-refractivity contribution >= 4 is 29.8 Å². The number of esters is 5. The van der Waals surface area contributed by atoms with Crippen LogP contribution in [0.25, 0.3) is 0 Å². The monoisotopic (exact) mass is 1040 g/mol. The first kappa shape index (κ1) is 60.0. The van der Waals surface area contributed by atoms with Gasteiger partial charge in [-0.15, -0.1) is 13.2 Å². The quantitative estimate of drug-likeness (QED) is 0.0546. The second-order valence-corrected chi connectivity index (χ2v) is 24.6. The number of hydrogen-bond acceptors (Lipinski definition) is 10. The van der Waals surface area contributed by atoms with Crippen molar-refractivity contribution < 1.29 is 47.7 Å². The average molecular weight is 1050 g/mol. The average Bonchev–Trinajstić information content (AvgIpc) is 3.59. The summed E-state index contributed by atoms with van der Waals surface area (Å²) in [5, 5.41) is 0. The van der Waals surface area contributed by atoms with Crippen molar-refractivity contribution in [2.45, 2.75) is 197 Å². The number of benzene rings is 2. The summed E-state index contributed by atoms with van der Waals surface area (Å²) in [4.78, 5) is 67.1. The molecule has 416 valence electrons. The highest BCUT2D eigenvalue weighted by molar-refractivity contribution is 5.79. The molecule has 0 aromatic heterocycles. The van der Waals surface area contributed by atoms with Crippen LogP contribution in [-0.2, 0) is 60.9 Å². The van der Waals surface area contributed by atoms with Crippen molar-refractivity contribution in [2.75, 3.05) is 13.2 Å². The summed E-state index contributed by atoms with van der Waals surface area (Å²) < 4.78 is 30.0. The normalized spacial score (nSPS) is 30.7. The van der Waals surface area contributed by atoms with Crippen LogP contribution in [0, 0.1) is 50.2 Å². The number of carbonyl (C=O) groups excluding carboxylic acids is 5. The summed E-state index contributed by atoms with van der Waals surface area (Å²) in [7, 11) is 0. The summed E-state index contributed by atoms with van der Waals surface area (Å²) in [6.45, 7) is 21.4. The predicted octanol–water partition coefficient (Wildman–Crippen LogP) is 15.1. The molecule has 9 atom stereocenters. The second kappa shape index (κ2) is 25.9. The topological polar surface area (TPSA) is 132 Å². The molecule has 8 rings (SSSR count). The number of unbranched alkanes of at least 4 members (excludes halogenated alkanes) is 2. The molecule has 0 radical (unpaired) electrons. The van der Waals surface area contributed by atoms with E-state index in [0.29, 0.717) is 44.6 Å². The van der Waals surface area contributed by atoms with Gasteiger partial charge in [0.2, 0.25) is 0 Å². The van der Waals surface area contributed by atoms with Crippen LogP contribution in [-0.4, -0.2) is 49.2 Å². The molecule has 0 heterocycles. The van der Waals surface area contributed by atoms with Crippen molar-refractivity contribution in [1.82, 2.24) is 0 Å². The fraction of sp³-hybridized carbons (Fsp3) is 0.621. The summed E-state index contributed by atoms with van der Waals surface area (Å²) >= 11 is 0. The fourth-order valence-corrected chi connectivity index (χ4v) is 15.1. The van der Waals surface area contributed by atoms with Crippen molar-refractivity contribution in [3.05, 3.63) is 120 Å². The molecule has 2 unspecified atom stereocenters. The Bertz CT molecular complexity index is 2400. The van der Waals surface area contributed by atoms with Gasteiger partial charge in [0.25, 0.3) is 0 Å². The zero-order chi connectivity index (χ0) is 53.9. The van der Waals surface area contributed by atoms with E-state index in [4.69, 9.17) is 23.7 Å². The van der Waals surface area contributed by atoms with Gasteiger partial charge in [0.15, 0.2) is 0 Å². The molecule has 4 fully saturated rings. The van der Waals surface area contributed by atoms with Gasteiger partial charge in [-0.25, -0.2) is 0 Å². The highest BCUT2D eigenvalue weighted by Gasteiger charge is 2.70. The Morgan fingerprint density at radius 2 is 1.16 bits per heavy atom. The summed E-state index contributed by atoms with van der Waals surface area (Å²) in [6, 6.07) is 19.2. The molecule has 6 aliphatic rings. The Morgan fingerprint density at radius 1 is 0.592 bits per heavy atom. The van der Waals surface area contributed by atoms with Crippen molar-refractivity contribution in [3.63, 3.8) is 0 Å². The Labute approximate surface area is 456 Å². The number of carbonyl (C=O) groups is 5. The van der Waals surface area contributed by atoms with Gasteiger partial charge in [-0.2, -0.15) is 0 Å². The van der Waals surface area contributed by atoms with E-state index >= 15 is 0 Å². The molecular weight excluding hydrogens is 953 g/mol. The molecule has 2 aromatic rings. The molecule has 76 heavy (non-hydrogen) atoms. The van der Waals surface area contributed by atoms with Crippen LogP contribution in [0.3, 0.4) is 0 Å². The fourth-order valence-electron chi connectivity index (χ4n) is 15.1. The maximum absolute atomic E-state index is 14.6. The Balaban J connectivity index is 0.00000309. The molecule has 6 aliphatic carbocycles. The van der Waals surface area contributed by atoms with Crippen LogP contribution in [0.1, 0.15) is 189 Å². The third-order valence-electron chi connectivity index (χ3n) is 19.6. The van der Waals surface area contributed by atoms with E-state index in [2.05, 4.69) is 79.0 Å². The Hall–Kier alpha value is -5.25. The third kappa shape index (κ3) is 13.2. The first-order valence-electron chi connectivity index (χ1n) is 28.4. The number of fused-ring (bicyclic) bond motifs is 7. The van der Waals surface area contributed by atoms with E-state index in [1.165, 1.54) is 5.57 Å². The molecular formula is C66H92O10. The summed E-state index contributed by atoms with van der Waals surface area (Å²) in [5.74, 6) is -0.662. The van der Waals surface area contributed by atoms with Crippen LogP contribution in [0.2, 0.25) is 0 Å². The lowest BCUT2D eigenvalue weighted by molar-refractivity contribution is -0.227. The van der Waals surface area contributed by atoms with Gasteiger partial charge < -0.3 is 23.7 Å². The minimum absolute atomic E-state index is 0. The van der Waals surface area contributed by atoms with Gasteiger partial charge >= 0.3 is 29.8 Å². The van der Waals surface area contributed by atoms with E-state index in [-0.39, 0.29) is 116 Å². The smallest absolute Gasteiger partial charge is 0.313 e. The third-order valence-corrected chi connectivity index (χ3v) is 19.6. The first-order valence-corrected chi connectivity index (χ1v) is 28.4. The van der Waals surface area contributed by atoms with Crippen molar-refractivity contribution in [1.29, 1.82) is 0 Å². The zero-order valence-corrected chi connectivity index (χ0v) is 46.4. The molecule has 0 amide bonds. The molecule has 0 N–H and O–H groups in total. The number of ether oxygens (including phenoxy) is 5. The van der Waals surface area contributed by atoms with Gasteiger partial charge in [0.1, 0.15) is 32.5 Å². The molecule has 0 bridgehead atoms. The summed E-state index contributed by atoms with van der Waals surface area (Å²) in [5.41, 5.74) is 3.05. The largest absolute Gasteiger partial charge is 0.465 e. The number of hydrogen-bond donors (Lipinski definition) is 0. The molecule has 0 aliphatic heterocycles. The van der Waals surface area contributed by atoms with E-state index in [9.17, 15) is 24.0 Å². The first-order chi connectivity index (χ1) is 35.9. The second-order valence-electron chi connectivity index (χ2n) is 24.6. The SMILES string of the molecule is C.C=C.CC1(C)CC[C@]2(C(=O)OCC3=CCCC=C3)CC[C@]3(C)C(=CCC4[C@@]5(C)CC[C@H](OC(=O)CCCCC(=O)OCc6ccccc6)[C@@](C)(COC(=O)CCCCC(=O)OCc6ccccc6)C5CC[C@]43C)[C@@H]2C1. The van der Waals surface area contributed by atoms with E-state index < -0.39 is 16.9 Å². The van der Waals surface area contributed by atoms with E-state index in [0.717, 1.165) is 87.3 Å². The zero-order valence-electron chi connectivity index (χ0n) is 46.4. The standard InChI is InChI=1S/C63H84O10.C2H4.CH4/c1-58(2)36-38-63(57(68)71-43-47-24-14-9-15-25-47)39-37-61(5)48(49(63)40-58)30-31-51-59(3)34-33-52(73-56(67)29-19-18-27-54(65)70-42-46-22-12-8-13-23-46)60(4,50(59)32-35-62(51,61)6)44-72-55(66)28-17-16-26-53(64)69-41-45-20-10-7-11-21-45;1-2;/h7-8,10-14,20-25,30,49-52H,9,15-19,26-29,31-44H2,1-6H3;1-2H2;1H4/t49-,50?,51?,52-,59-,60-,61+,62+,63-;;/m0../s1.